The van der Waals surface area contributed by atoms with Gasteiger partial charge in [-0.05, 0) is 48.6 Å². The van der Waals surface area contributed by atoms with E-state index in [1.807, 2.05) is 30.3 Å². The van der Waals surface area contributed by atoms with E-state index in [1.54, 1.807) is 12.1 Å². The van der Waals surface area contributed by atoms with Gasteiger partial charge >= 0.3 is 0 Å². The smallest absolute Gasteiger partial charge is 0.243 e. The zero-order valence-corrected chi connectivity index (χ0v) is 18.4. The largest absolute Gasteiger partial charge is 0.353 e. The molecular formula is C24H32N2O3S. The summed E-state index contributed by atoms with van der Waals surface area (Å²) in [6.45, 7) is 0.746. The summed E-state index contributed by atoms with van der Waals surface area (Å²) in [7, 11) is -3.61. The second-order valence-electron chi connectivity index (χ2n) is 8.76. The minimum absolute atomic E-state index is 0.0268. The molecule has 162 valence electrons. The van der Waals surface area contributed by atoms with Gasteiger partial charge < -0.3 is 5.32 Å². The molecule has 2 aliphatic rings. The van der Waals surface area contributed by atoms with Crippen LogP contribution in [-0.2, 0) is 14.8 Å². The topological polar surface area (TPSA) is 66.5 Å². The Hall–Kier alpha value is -1.92. The normalized spacial score (nSPS) is 22.3. The van der Waals surface area contributed by atoms with Crippen molar-refractivity contribution in [2.75, 3.05) is 13.1 Å². The zero-order valence-electron chi connectivity index (χ0n) is 17.6. The van der Waals surface area contributed by atoms with Crippen LogP contribution in [0, 0.1) is 5.92 Å². The van der Waals surface area contributed by atoms with Crippen LogP contribution >= 0.6 is 0 Å². The molecule has 5 nitrogen and oxygen atoms in total. The van der Waals surface area contributed by atoms with Crippen LogP contribution in [0.1, 0.15) is 57.8 Å². The van der Waals surface area contributed by atoms with Crippen molar-refractivity contribution in [3.8, 4) is 0 Å². The summed E-state index contributed by atoms with van der Waals surface area (Å²) < 4.78 is 28.0. The number of amides is 1. The Bertz CT molecular complexity index is 981. The van der Waals surface area contributed by atoms with E-state index in [-0.39, 0.29) is 24.4 Å². The van der Waals surface area contributed by atoms with Gasteiger partial charge in [0.25, 0.3) is 0 Å². The highest BCUT2D eigenvalue weighted by molar-refractivity contribution is 7.89. The molecule has 2 aromatic rings. The number of rotatable bonds is 4. The monoisotopic (exact) mass is 428 g/mol. The highest BCUT2D eigenvalue weighted by Gasteiger charge is 2.34. The summed E-state index contributed by atoms with van der Waals surface area (Å²) in [6, 6.07) is 13.3. The van der Waals surface area contributed by atoms with Gasteiger partial charge in [0.1, 0.15) is 0 Å². The van der Waals surface area contributed by atoms with Crippen LogP contribution in [0.4, 0.5) is 0 Å². The fourth-order valence-electron chi connectivity index (χ4n) is 4.77. The second-order valence-corrected chi connectivity index (χ2v) is 10.7. The third-order valence-electron chi connectivity index (χ3n) is 6.57. The molecule has 1 saturated carbocycles. The number of nitrogens with zero attached hydrogens (tertiary/aromatic N) is 1. The van der Waals surface area contributed by atoms with Crippen molar-refractivity contribution < 1.29 is 13.2 Å². The van der Waals surface area contributed by atoms with E-state index in [4.69, 9.17) is 0 Å². The van der Waals surface area contributed by atoms with Gasteiger partial charge in [-0.1, -0.05) is 62.4 Å². The molecule has 4 rings (SSSR count). The molecule has 6 heteroatoms. The van der Waals surface area contributed by atoms with Gasteiger partial charge in [0.2, 0.25) is 15.9 Å². The molecule has 1 N–H and O–H groups in total. The van der Waals surface area contributed by atoms with E-state index in [2.05, 4.69) is 5.32 Å². The van der Waals surface area contributed by atoms with Crippen LogP contribution in [-0.4, -0.2) is 37.8 Å². The van der Waals surface area contributed by atoms with Crippen LogP contribution in [0.2, 0.25) is 0 Å². The molecule has 0 radical (unpaired) electrons. The maximum Gasteiger partial charge on any atom is 0.243 e. The van der Waals surface area contributed by atoms with Gasteiger partial charge in [-0.25, -0.2) is 8.42 Å². The van der Waals surface area contributed by atoms with Gasteiger partial charge in [-0.2, -0.15) is 4.31 Å². The summed E-state index contributed by atoms with van der Waals surface area (Å²) in [5.41, 5.74) is 0. The van der Waals surface area contributed by atoms with Crippen molar-refractivity contribution in [1.82, 2.24) is 9.62 Å². The van der Waals surface area contributed by atoms with Gasteiger partial charge in [0.05, 0.1) is 10.8 Å². The molecule has 1 atom stereocenters. The lowest BCUT2D eigenvalue weighted by Crippen LogP contribution is -2.47. The molecule has 1 heterocycles. The number of carbonyl (C=O) groups excluding carboxylic acids is 1. The van der Waals surface area contributed by atoms with E-state index < -0.39 is 10.0 Å². The Kier molecular flexibility index (Phi) is 6.74. The van der Waals surface area contributed by atoms with Crippen LogP contribution < -0.4 is 5.32 Å². The maximum absolute atomic E-state index is 13.3. The first-order valence-corrected chi connectivity index (χ1v) is 12.8. The Morgan fingerprint density at radius 1 is 0.867 bits per heavy atom. The molecule has 0 spiro atoms. The molecule has 1 aliphatic carbocycles. The van der Waals surface area contributed by atoms with Crippen LogP contribution in [0.25, 0.3) is 10.8 Å². The summed E-state index contributed by atoms with van der Waals surface area (Å²) in [5.74, 6) is -0.238. The Morgan fingerprint density at radius 2 is 1.57 bits per heavy atom. The number of hydrogen-bond acceptors (Lipinski definition) is 3. The molecule has 2 aromatic carbocycles. The summed E-state index contributed by atoms with van der Waals surface area (Å²) in [5, 5.41) is 5.16. The van der Waals surface area contributed by atoms with Crippen LogP contribution in [0.15, 0.2) is 47.4 Å². The Labute approximate surface area is 179 Å². The predicted molar refractivity (Wildman–Crippen MR) is 120 cm³/mol. The average Bonchev–Trinajstić information content (AvgIpc) is 2.75. The molecule has 1 amide bonds. The molecule has 2 fully saturated rings. The molecular weight excluding hydrogens is 396 g/mol. The van der Waals surface area contributed by atoms with Crippen molar-refractivity contribution >= 4 is 26.7 Å². The first-order valence-electron chi connectivity index (χ1n) is 11.3. The SMILES string of the molecule is O=C(NC1CCCCCCC1)[C@H]1CCCN(S(=O)(=O)c2ccc3ccccc3c2)C1. The van der Waals surface area contributed by atoms with Gasteiger partial charge in [-0.15, -0.1) is 0 Å². The maximum atomic E-state index is 13.3. The standard InChI is InChI=1S/C24H32N2O3S/c27-24(25-22-12-4-2-1-3-5-13-22)21-11-8-16-26(18-21)30(28,29)23-15-14-19-9-6-7-10-20(19)17-23/h6-7,9-10,14-15,17,21-22H,1-5,8,11-13,16,18H2,(H,25,27)/t21-/m0/s1. The number of sulfonamides is 1. The molecule has 30 heavy (non-hydrogen) atoms. The van der Waals surface area contributed by atoms with Crippen molar-refractivity contribution in [3.63, 3.8) is 0 Å². The quantitative estimate of drug-likeness (QED) is 0.781. The van der Waals surface area contributed by atoms with Crippen LogP contribution in [0.3, 0.4) is 0 Å². The molecule has 1 saturated heterocycles. The van der Waals surface area contributed by atoms with E-state index in [1.165, 1.54) is 23.6 Å². The number of hydrogen-bond donors (Lipinski definition) is 1. The Morgan fingerprint density at radius 3 is 2.33 bits per heavy atom. The minimum atomic E-state index is -3.61. The number of piperidine rings is 1. The second kappa shape index (κ2) is 9.48. The first-order chi connectivity index (χ1) is 14.5. The number of benzene rings is 2. The third-order valence-corrected chi connectivity index (χ3v) is 8.43. The van der Waals surface area contributed by atoms with Crippen molar-refractivity contribution in [2.24, 2.45) is 5.92 Å². The van der Waals surface area contributed by atoms with E-state index in [9.17, 15) is 13.2 Å². The molecule has 0 aromatic heterocycles. The third kappa shape index (κ3) is 4.86. The van der Waals surface area contributed by atoms with E-state index in [0.29, 0.717) is 11.4 Å². The fraction of sp³-hybridized carbons (Fsp3) is 0.542. The summed E-state index contributed by atoms with van der Waals surface area (Å²) in [6.07, 6.45) is 9.66. The molecule has 0 bridgehead atoms. The lowest BCUT2D eigenvalue weighted by molar-refractivity contribution is -0.126. The number of fused-ring (bicyclic) bond motifs is 1. The van der Waals surface area contributed by atoms with E-state index in [0.717, 1.165) is 49.3 Å². The lowest BCUT2D eigenvalue weighted by Gasteiger charge is -2.32. The molecule has 0 unspecified atom stereocenters. The summed E-state index contributed by atoms with van der Waals surface area (Å²) in [4.78, 5) is 13.2. The first kappa shape index (κ1) is 21.3. The number of nitrogens with one attached hydrogen (secondary N) is 1. The van der Waals surface area contributed by atoms with Crippen molar-refractivity contribution in [1.29, 1.82) is 0 Å². The van der Waals surface area contributed by atoms with Crippen molar-refractivity contribution in [2.45, 2.75) is 68.7 Å². The fourth-order valence-corrected chi connectivity index (χ4v) is 6.33. The summed E-state index contributed by atoms with van der Waals surface area (Å²) >= 11 is 0. The van der Waals surface area contributed by atoms with Crippen LogP contribution in [0.5, 0.6) is 0 Å². The molecule has 1 aliphatic heterocycles. The zero-order chi connectivity index (χ0) is 21.0. The van der Waals surface area contributed by atoms with Crippen molar-refractivity contribution in [3.05, 3.63) is 42.5 Å². The number of carbonyl (C=O) groups is 1. The van der Waals surface area contributed by atoms with E-state index >= 15 is 0 Å². The lowest BCUT2D eigenvalue weighted by atomic mass is 9.94. The van der Waals surface area contributed by atoms with Gasteiger partial charge in [-0.3, -0.25) is 4.79 Å². The Balaban J connectivity index is 1.44. The highest BCUT2D eigenvalue weighted by Crippen LogP contribution is 2.27. The van der Waals surface area contributed by atoms with Gasteiger partial charge in [0, 0.05) is 19.1 Å². The predicted octanol–water partition coefficient (Wildman–Crippen LogP) is 4.47. The van der Waals surface area contributed by atoms with Gasteiger partial charge in [0.15, 0.2) is 0 Å². The minimum Gasteiger partial charge on any atom is -0.353 e. The average molecular weight is 429 g/mol. The highest BCUT2D eigenvalue weighted by atomic mass is 32.2.